The maximum absolute atomic E-state index is 14.0. The quantitative estimate of drug-likeness (QED) is 0.430. The number of alkyl carbamates (subject to hydrolysis) is 1. The lowest BCUT2D eigenvalue weighted by atomic mass is 9.97. The van der Waals surface area contributed by atoms with Gasteiger partial charge in [0.15, 0.2) is 0 Å². The van der Waals surface area contributed by atoms with Gasteiger partial charge in [-0.05, 0) is 49.4 Å². The second-order valence-corrected chi connectivity index (χ2v) is 10.7. The highest BCUT2D eigenvalue weighted by molar-refractivity contribution is 5.92. The Kier molecular flexibility index (Phi) is 11.1. The van der Waals surface area contributed by atoms with Crippen LogP contribution in [0.25, 0.3) is 10.8 Å². The average molecular weight is 528 g/mol. The summed E-state index contributed by atoms with van der Waals surface area (Å²) in [6.45, 7) is 9.02. The molecule has 0 aliphatic heterocycles. The molecule has 0 bridgehead atoms. The van der Waals surface area contributed by atoms with Gasteiger partial charge in [0.1, 0.15) is 17.7 Å². The molecule has 38 heavy (non-hydrogen) atoms. The smallest absolute Gasteiger partial charge is 0.408 e. The molecule has 1 unspecified atom stereocenters. The first-order valence-electron chi connectivity index (χ1n) is 12.9. The number of methoxy groups -OCH3 is 1. The standard InChI is InChI=1S/C29H41N3O6/c1-19(2)16-23(31-28(36)38-29(3,4)5)27(35)32(15-14-25(33)37-7)24(26(34)30-6)18-20-12-13-21-10-8-9-11-22(21)17-20/h8-13,17,19,23-24H,14-16,18H2,1-7H3,(H,30,34)(H,31,36)/t23?,24-/m0/s1. The Bertz CT molecular complexity index is 1120. The van der Waals surface area contributed by atoms with Gasteiger partial charge < -0.3 is 25.0 Å². The van der Waals surface area contributed by atoms with Crippen molar-refractivity contribution in [2.24, 2.45) is 5.92 Å². The normalized spacial score (nSPS) is 12.9. The number of ether oxygens (including phenoxy) is 2. The monoisotopic (exact) mass is 527 g/mol. The first kappa shape index (κ1) is 30.6. The Labute approximate surface area is 225 Å². The van der Waals surface area contributed by atoms with Crippen molar-refractivity contribution in [2.45, 2.75) is 71.6 Å². The fraction of sp³-hybridized carbons (Fsp3) is 0.517. The summed E-state index contributed by atoms with van der Waals surface area (Å²) in [5.74, 6) is -1.30. The van der Waals surface area contributed by atoms with Gasteiger partial charge in [-0.3, -0.25) is 14.4 Å². The van der Waals surface area contributed by atoms with Crippen LogP contribution < -0.4 is 10.6 Å². The van der Waals surface area contributed by atoms with Crippen LogP contribution in [0.2, 0.25) is 0 Å². The lowest BCUT2D eigenvalue weighted by molar-refractivity contribution is -0.146. The van der Waals surface area contributed by atoms with E-state index in [4.69, 9.17) is 9.47 Å². The summed E-state index contributed by atoms with van der Waals surface area (Å²) in [7, 11) is 2.77. The van der Waals surface area contributed by atoms with Gasteiger partial charge in [0.25, 0.3) is 0 Å². The summed E-state index contributed by atoms with van der Waals surface area (Å²) >= 11 is 0. The maximum atomic E-state index is 14.0. The van der Waals surface area contributed by atoms with Gasteiger partial charge in [0.2, 0.25) is 11.8 Å². The van der Waals surface area contributed by atoms with Crippen molar-refractivity contribution in [3.05, 3.63) is 48.0 Å². The van der Waals surface area contributed by atoms with Crippen molar-refractivity contribution < 1.29 is 28.7 Å². The van der Waals surface area contributed by atoms with Crippen LogP contribution in [0.4, 0.5) is 4.79 Å². The van der Waals surface area contributed by atoms with Crippen molar-refractivity contribution in [1.29, 1.82) is 0 Å². The number of fused-ring (bicyclic) bond motifs is 1. The van der Waals surface area contributed by atoms with Gasteiger partial charge >= 0.3 is 12.1 Å². The molecule has 0 saturated carbocycles. The molecule has 0 aromatic heterocycles. The van der Waals surface area contributed by atoms with Gasteiger partial charge in [-0.15, -0.1) is 0 Å². The molecule has 3 amide bonds. The highest BCUT2D eigenvalue weighted by Gasteiger charge is 2.35. The van der Waals surface area contributed by atoms with Crippen molar-refractivity contribution >= 4 is 34.6 Å². The number of hydrogen-bond acceptors (Lipinski definition) is 6. The first-order chi connectivity index (χ1) is 17.8. The predicted molar refractivity (Wildman–Crippen MR) is 146 cm³/mol. The third-order valence-electron chi connectivity index (χ3n) is 5.93. The van der Waals surface area contributed by atoms with E-state index in [-0.39, 0.29) is 31.2 Å². The molecule has 2 N–H and O–H groups in total. The van der Waals surface area contributed by atoms with Crippen molar-refractivity contribution in [2.75, 3.05) is 20.7 Å². The molecule has 9 heteroatoms. The number of rotatable bonds is 11. The zero-order valence-electron chi connectivity index (χ0n) is 23.5. The Morgan fingerprint density at radius 2 is 1.66 bits per heavy atom. The van der Waals surface area contributed by atoms with Crippen LogP contribution in [0, 0.1) is 5.92 Å². The average Bonchev–Trinajstić information content (AvgIpc) is 2.85. The second-order valence-electron chi connectivity index (χ2n) is 10.7. The maximum Gasteiger partial charge on any atom is 0.408 e. The summed E-state index contributed by atoms with van der Waals surface area (Å²) in [6, 6.07) is 11.9. The third kappa shape index (κ3) is 9.36. The van der Waals surface area contributed by atoms with E-state index in [1.807, 2.05) is 56.3 Å². The molecule has 0 fully saturated rings. The summed E-state index contributed by atoms with van der Waals surface area (Å²) in [5.41, 5.74) is 0.106. The summed E-state index contributed by atoms with van der Waals surface area (Å²) in [5, 5.41) is 7.41. The van der Waals surface area contributed by atoms with E-state index in [1.54, 1.807) is 20.8 Å². The second kappa shape index (κ2) is 13.8. The molecule has 2 atom stereocenters. The Balaban J connectivity index is 2.45. The number of hydrogen-bond donors (Lipinski definition) is 2. The molecular weight excluding hydrogens is 486 g/mol. The highest BCUT2D eigenvalue weighted by atomic mass is 16.6. The first-order valence-corrected chi connectivity index (χ1v) is 12.9. The van der Waals surface area contributed by atoms with E-state index in [1.165, 1.54) is 19.1 Å². The zero-order valence-corrected chi connectivity index (χ0v) is 23.5. The predicted octanol–water partition coefficient (Wildman–Crippen LogP) is 3.83. The Morgan fingerprint density at radius 1 is 1.00 bits per heavy atom. The van der Waals surface area contributed by atoms with Crippen molar-refractivity contribution in [3.63, 3.8) is 0 Å². The molecule has 9 nitrogen and oxygen atoms in total. The highest BCUT2D eigenvalue weighted by Crippen LogP contribution is 2.20. The number of benzene rings is 2. The summed E-state index contributed by atoms with van der Waals surface area (Å²) in [4.78, 5) is 53.1. The fourth-order valence-electron chi connectivity index (χ4n) is 4.18. The Morgan fingerprint density at radius 3 is 2.24 bits per heavy atom. The van der Waals surface area contributed by atoms with E-state index in [0.29, 0.717) is 6.42 Å². The molecule has 2 aromatic carbocycles. The molecule has 2 aromatic rings. The minimum absolute atomic E-state index is 0.0538. The van der Waals surface area contributed by atoms with Gasteiger partial charge in [0, 0.05) is 20.0 Å². The minimum atomic E-state index is -0.953. The number of nitrogens with zero attached hydrogens (tertiary/aromatic N) is 1. The summed E-state index contributed by atoms with van der Waals surface area (Å²) < 4.78 is 10.2. The molecule has 0 aliphatic rings. The molecule has 0 heterocycles. The van der Waals surface area contributed by atoms with Gasteiger partial charge in [0.05, 0.1) is 13.5 Å². The van der Waals surface area contributed by atoms with Crippen LogP contribution in [0.3, 0.4) is 0 Å². The van der Waals surface area contributed by atoms with E-state index in [9.17, 15) is 19.2 Å². The Hall–Kier alpha value is -3.62. The minimum Gasteiger partial charge on any atom is -0.469 e. The topological polar surface area (TPSA) is 114 Å². The van der Waals surface area contributed by atoms with Crippen LogP contribution in [-0.4, -0.2) is 67.2 Å². The number of likely N-dealkylation sites (N-methyl/N-ethyl adjacent to an activating group) is 1. The van der Waals surface area contributed by atoms with Crippen LogP contribution in [-0.2, 0) is 30.3 Å². The molecule has 2 rings (SSSR count). The van der Waals surface area contributed by atoms with Crippen molar-refractivity contribution in [3.8, 4) is 0 Å². The van der Waals surface area contributed by atoms with E-state index < -0.39 is 35.7 Å². The molecule has 208 valence electrons. The van der Waals surface area contributed by atoms with Crippen LogP contribution >= 0.6 is 0 Å². The van der Waals surface area contributed by atoms with Gasteiger partial charge in [-0.1, -0.05) is 56.3 Å². The molecule has 0 spiro atoms. The molecule has 0 saturated heterocycles. The fourth-order valence-corrected chi connectivity index (χ4v) is 4.18. The number of amides is 3. The lowest BCUT2D eigenvalue weighted by Crippen LogP contribution is -2.57. The van der Waals surface area contributed by atoms with E-state index in [2.05, 4.69) is 10.6 Å². The number of esters is 1. The van der Waals surface area contributed by atoms with E-state index >= 15 is 0 Å². The summed E-state index contributed by atoms with van der Waals surface area (Å²) in [6.07, 6.45) is -0.286. The molecule has 0 aliphatic carbocycles. The molecule has 0 radical (unpaired) electrons. The van der Waals surface area contributed by atoms with E-state index in [0.717, 1.165) is 16.3 Å². The SMILES string of the molecule is CNC(=O)[C@H](Cc1ccc2ccccc2c1)N(CCC(=O)OC)C(=O)C(CC(C)C)NC(=O)OC(C)(C)C. The number of carbonyl (C=O) groups excluding carboxylic acids is 4. The van der Waals surface area contributed by atoms with Crippen LogP contribution in [0.1, 0.15) is 53.0 Å². The lowest BCUT2D eigenvalue weighted by Gasteiger charge is -2.34. The van der Waals surface area contributed by atoms with Crippen molar-refractivity contribution in [1.82, 2.24) is 15.5 Å². The zero-order chi connectivity index (χ0) is 28.5. The van der Waals surface area contributed by atoms with Gasteiger partial charge in [-0.25, -0.2) is 4.79 Å². The van der Waals surface area contributed by atoms with Gasteiger partial charge in [-0.2, -0.15) is 0 Å². The largest absolute Gasteiger partial charge is 0.469 e. The van der Waals surface area contributed by atoms with Crippen LogP contribution in [0.5, 0.6) is 0 Å². The third-order valence-corrected chi connectivity index (χ3v) is 5.93. The number of nitrogens with one attached hydrogen (secondary N) is 2. The molecular formula is C29H41N3O6. The van der Waals surface area contributed by atoms with Crippen LogP contribution in [0.15, 0.2) is 42.5 Å². The number of carbonyl (C=O) groups is 4.